The van der Waals surface area contributed by atoms with Crippen molar-refractivity contribution in [1.82, 2.24) is 20.0 Å². The van der Waals surface area contributed by atoms with Crippen molar-refractivity contribution in [2.75, 3.05) is 52.4 Å². The van der Waals surface area contributed by atoms with Crippen LogP contribution in [0, 0.1) is 6.92 Å². The van der Waals surface area contributed by atoms with E-state index in [2.05, 4.69) is 17.1 Å². The molecular formula is C23H36N4O2. The zero-order valence-corrected chi connectivity index (χ0v) is 18.0. The van der Waals surface area contributed by atoms with E-state index in [1.165, 1.54) is 19.3 Å². The van der Waals surface area contributed by atoms with Gasteiger partial charge in [-0.15, -0.1) is 0 Å². The molecule has 0 saturated carbocycles. The lowest BCUT2D eigenvalue weighted by molar-refractivity contribution is -0.131. The van der Waals surface area contributed by atoms with E-state index in [4.69, 9.17) is 0 Å². The molecular weight excluding hydrogens is 364 g/mol. The van der Waals surface area contributed by atoms with Gasteiger partial charge in [-0.1, -0.05) is 24.1 Å². The molecule has 1 aromatic carbocycles. The Balaban J connectivity index is 1.63. The Morgan fingerprint density at radius 1 is 1.14 bits per heavy atom. The molecule has 2 fully saturated rings. The highest BCUT2D eigenvalue weighted by atomic mass is 16.2. The van der Waals surface area contributed by atoms with Crippen molar-refractivity contribution < 1.29 is 9.59 Å². The topological polar surface area (TPSA) is 55.9 Å². The van der Waals surface area contributed by atoms with Crippen molar-refractivity contribution in [3.05, 3.63) is 35.4 Å². The summed E-state index contributed by atoms with van der Waals surface area (Å²) >= 11 is 0. The maximum absolute atomic E-state index is 13.2. The molecule has 1 aromatic rings. The second-order valence-electron chi connectivity index (χ2n) is 8.42. The van der Waals surface area contributed by atoms with Crippen LogP contribution >= 0.6 is 0 Å². The Morgan fingerprint density at radius 3 is 2.66 bits per heavy atom. The molecule has 6 heteroatoms. The van der Waals surface area contributed by atoms with Crippen molar-refractivity contribution in [3.8, 4) is 0 Å². The number of benzene rings is 1. The van der Waals surface area contributed by atoms with Gasteiger partial charge in [0.1, 0.15) is 0 Å². The number of rotatable bonds is 7. The molecule has 2 aliphatic rings. The largest absolute Gasteiger partial charge is 0.340 e. The average Bonchev–Trinajstić information content (AvgIpc) is 2.75. The van der Waals surface area contributed by atoms with E-state index >= 15 is 0 Å². The summed E-state index contributed by atoms with van der Waals surface area (Å²) in [7, 11) is 0. The molecule has 2 amide bonds. The van der Waals surface area contributed by atoms with Crippen molar-refractivity contribution in [1.29, 1.82) is 0 Å². The number of likely N-dealkylation sites (tertiary alicyclic amines) is 1. The van der Waals surface area contributed by atoms with Crippen LogP contribution in [0.5, 0.6) is 0 Å². The van der Waals surface area contributed by atoms with Crippen LogP contribution in [0.15, 0.2) is 24.3 Å². The second-order valence-corrected chi connectivity index (χ2v) is 8.42. The lowest BCUT2D eigenvalue weighted by Crippen LogP contribution is -2.48. The summed E-state index contributed by atoms with van der Waals surface area (Å²) in [5, 5.41) is 3.28. The summed E-state index contributed by atoms with van der Waals surface area (Å²) in [6.45, 7) is 10.6. The van der Waals surface area contributed by atoms with E-state index < -0.39 is 0 Å². The van der Waals surface area contributed by atoms with Crippen LogP contribution in [-0.2, 0) is 4.79 Å². The normalized spacial score (nSPS) is 20.5. The van der Waals surface area contributed by atoms with Gasteiger partial charge in [0.25, 0.3) is 5.91 Å². The second kappa shape index (κ2) is 10.7. The first-order valence-corrected chi connectivity index (χ1v) is 11.1. The minimum Gasteiger partial charge on any atom is -0.340 e. The van der Waals surface area contributed by atoms with Gasteiger partial charge in [0.15, 0.2) is 0 Å². The fourth-order valence-corrected chi connectivity index (χ4v) is 4.32. The summed E-state index contributed by atoms with van der Waals surface area (Å²) in [6.07, 6.45) is 4.15. The van der Waals surface area contributed by atoms with Gasteiger partial charge < -0.3 is 15.1 Å². The highest BCUT2D eigenvalue weighted by Gasteiger charge is 2.23. The standard InChI is InChI=1S/C23H36N4O2/c1-19-6-5-8-21(18-19)23(29)27(17-16-25-12-4-3-7-20(25)2)13-9-22(28)26-14-10-24-11-15-26/h5-6,8,18,20,24H,3-4,7,9-17H2,1-2H3/t20-/m1/s1. The van der Waals surface area contributed by atoms with Crippen LogP contribution in [0.1, 0.15) is 48.5 Å². The number of hydrogen-bond acceptors (Lipinski definition) is 4. The third-order valence-electron chi connectivity index (χ3n) is 6.22. The maximum Gasteiger partial charge on any atom is 0.253 e. The fraction of sp³-hybridized carbons (Fsp3) is 0.652. The maximum atomic E-state index is 13.2. The number of nitrogens with zero attached hydrogens (tertiary/aromatic N) is 3. The van der Waals surface area contributed by atoms with Gasteiger partial charge in [-0.3, -0.25) is 14.5 Å². The number of piperazine rings is 1. The van der Waals surface area contributed by atoms with Gasteiger partial charge in [0, 0.05) is 63.8 Å². The predicted octanol–water partition coefficient (Wildman–Crippen LogP) is 2.13. The molecule has 0 spiro atoms. The number of amides is 2. The van der Waals surface area contributed by atoms with E-state index in [1.54, 1.807) is 0 Å². The molecule has 0 bridgehead atoms. The zero-order chi connectivity index (χ0) is 20.6. The van der Waals surface area contributed by atoms with E-state index in [-0.39, 0.29) is 11.8 Å². The van der Waals surface area contributed by atoms with Gasteiger partial charge in [0.05, 0.1) is 0 Å². The van der Waals surface area contributed by atoms with Crippen LogP contribution < -0.4 is 5.32 Å². The first-order valence-electron chi connectivity index (χ1n) is 11.1. The SMILES string of the molecule is Cc1cccc(C(=O)N(CCC(=O)N2CCNCC2)CCN2CCCC[C@H]2C)c1. The highest BCUT2D eigenvalue weighted by molar-refractivity contribution is 5.94. The summed E-state index contributed by atoms with van der Waals surface area (Å²) < 4.78 is 0. The van der Waals surface area contributed by atoms with Gasteiger partial charge in [-0.25, -0.2) is 0 Å². The summed E-state index contributed by atoms with van der Waals surface area (Å²) in [5.41, 5.74) is 1.80. The predicted molar refractivity (Wildman–Crippen MR) is 116 cm³/mol. The van der Waals surface area contributed by atoms with Gasteiger partial charge in [-0.2, -0.15) is 0 Å². The van der Waals surface area contributed by atoms with Gasteiger partial charge >= 0.3 is 0 Å². The third kappa shape index (κ3) is 6.28. The lowest BCUT2D eigenvalue weighted by atomic mass is 10.0. The molecule has 0 unspecified atom stereocenters. The molecule has 160 valence electrons. The molecule has 0 aromatic heterocycles. The first-order chi connectivity index (χ1) is 14.0. The molecule has 6 nitrogen and oxygen atoms in total. The number of carbonyl (C=O) groups is 2. The molecule has 1 N–H and O–H groups in total. The Morgan fingerprint density at radius 2 is 1.93 bits per heavy atom. The molecule has 2 aliphatic heterocycles. The quantitative estimate of drug-likeness (QED) is 0.762. The minimum atomic E-state index is 0.0338. The van der Waals surface area contributed by atoms with Crippen molar-refractivity contribution in [2.24, 2.45) is 0 Å². The summed E-state index contributed by atoms with van der Waals surface area (Å²) in [5.74, 6) is 0.186. The van der Waals surface area contributed by atoms with Crippen molar-refractivity contribution >= 4 is 11.8 Å². The van der Waals surface area contributed by atoms with Crippen molar-refractivity contribution in [2.45, 2.75) is 45.6 Å². The Bertz CT molecular complexity index is 687. The summed E-state index contributed by atoms with van der Waals surface area (Å²) in [6, 6.07) is 8.33. The average molecular weight is 401 g/mol. The van der Waals surface area contributed by atoms with Crippen LogP contribution in [-0.4, -0.2) is 84.9 Å². The van der Waals surface area contributed by atoms with Gasteiger partial charge in [0.2, 0.25) is 5.91 Å². The fourth-order valence-electron chi connectivity index (χ4n) is 4.32. The minimum absolute atomic E-state index is 0.0338. The first kappa shape index (κ1) is 21.8. The van der Waals surface area contributed by atoms with Gasteiger partial charge in [-0.05, 0) is 45.4 Å². The molecule has 29 heavy (non-hydrogen) atoms. The molecule has 0 aliphatic carbocycles. The Kier molecular flexibility index (Phi) is 8.07. The Hall–Kier alpha value is -1.92. The number of hydrogen-bond donors (Lipinski definition) is 1. The van der Waals surface area contributed by atoms with Crippen LogP contribution in [0.3, 0.4) is 0 Å². The van der Waals surface area contributed by atoms with Crippen LogP contribution in [0.4, 0.5) is 0 Å². The molecule has 2 heterocycles. The number of carbonyl (C=O) groups excluding carboxylic acids is 2. The number of piperidine rings is 1. The molecule has 1 atom stereocenters. The molecule has 0 radical (unpaired) electrons. The molecule has 3 rings (SSSR count). The Labute approximate surface area is 175 Å². The number of aryl methyl sites for hydroxylation is 1. The smallest absolute Gasteiger partial charge is 0.253 e. The van der Waals surface area contributed by atoms with E-state index in [9.17, 15) is 9.59 Å². The molecule has 2 saturated heterocycles. The highest BCUT2D eigenvalue weighted by Crippen LogP contribution is 2.16. The monoisotopic (exact) mass is 400 g/mol. The third-order valence-corrected chi connectivity index (χ3v) is 6.22. The zero-order valence-electron chi connectivity index (χ0n) is 18.0. The lowest BCUT2D eigenvalue weighted by Gasteiger charge is -2.35. The summed E-state index contributed by atoms with van der Waals surface area (Å²) in [4.78, 5) is 32.1. The van der Waals surface area contributed by atoms with E-state index in [1.807, 2.05) is 41.0 Å². The van der Waals surface area contributed by atoms with Crippen LogP contribution in [0.2, 0.25) is 0 Å². The van der Waals surface area contributed by atoms with E-state index in [0.717, 1.165) is 44.8 Å². The van der Waals surface area contributed by atoms with Crippen LogP contribution in [0.25, 0.3) is 0 Å². The van der Waals surface area contributed by atoms with Crippen molar-refractivity contribution in [3.63, 3.8) is 0 Å². The van der Waals surface area contributed by atoms with E-state index in [0.29, 0.717) is 31.1 Å². The number of nitrogens with one attached hydrogen (secondary N) is 1.